The number of rotatable bonds is 6. The molecule has 2 N–H and O–H groups in total. The Labute approximate surface area is 127 Å². The van der Waals surface area contributed by atoms with Crippen molar-refractivity contribution in [2.45, 2.75) is 24.8 Å². The van der Waals surface area contributed by atoms with Crippen LogP contribution in [0.2, 0.25) is 0 Å². The predicted octanol–water partition coefficient (Wildman–Crippen LogP) is 2.22. The zero-order valence-corrected chi connectivity index (χ0v) is 14.0. The van der Waals surface area contributed by atoms with Gasteiger partial charge in [0.2, 0.25) is 10.0 Å². The number of ether oxygens (including phenoxy) is 1. The van der Waals surface area contributed by atoms with Gasteiger partial charge in [0, 0.05) is 29.9 Å². The van der Waals surface area contributed by atoms with Crippen LogP contribution in [0.15, 0.2) is 21.5 Å². The van der Waals surface area contributed by atoms with E-state index in [1.54, 1.807) is 13.8 Å². The van der Waals surface area contributed by atoms with E-state index in [1.807, 2.05) is 0 Å². The second kappa shape index (κ2) is 6.84. The Morgan fingerprint density at radius 3 is 2.55 bits per heavy atom. The Bertz CT molecular complexity index is 578. The average molecular weight is 369 g/mol. The van der Waals surface area contributed by atoms with Gasteiger partial charge in [-0.1, -0.05) is 0 Å². The fourth-order valence-corrected chi connectivity index (χ4v) is 3.73. The molecular formula is C12H18BrFN2O3S. The van der Waals surface area contributed by atoms with Gasteiger partial charge in [-0.3, -0.25) is 0 Å². The maximum absolute atomic E-state index is 13.9. The molecule has 0 amide bonds. The summed E-state index contributed by atoms with van der Waals surface area (Å²) in [6.07, 6.45) is 0. The summed E-state index contributed by atoms with van der Waals surface area (Å²) in [5.74, 6) is -0.839. The first kappa shape index (κ1) is 17.4. The molecule has 0 saturated carbocycles. The van der Waals surface area contributed by atoms with E-state index in [4.69, 9.17) is 10.5 Å². The number of nitrogens with two attached hydrogens (primary N) is 1. The number of hydrogen-bond donors (Lipinski definition) is 1. The van der Waals surface area contributed by atoms with Crippen LogP contribution in [0.5, 0.6) is 0 Å². The number of nitrogens with zero attached hydrogens (tertiary/aromatic N) is 1. The first-order valence-electron chi connectivity index (χ1n) is 5.97. The van der Waals surface area contributed by atoms with E-state index >= 15 is 0 Å². The van der Waals surface area contributed by atoms with Gasteiger partial charge in [-0.05, 0) is 41.9 Å². The van der Waals surface area contributed by atoms with Crippen LogP contribution in [0.4, 0.5) is 10.1 Å². The summed E-state index contributed by atoms with van der Waals surface area (Å²) in [5.41, 5.74) is 5.81. The minimum atomic E-state index is -3.96. The standard InChI is InChI=1S/C12H18BrFN2O3S/c1-8(2)16(4-5-19-3)20(17,18)12-7-11(15)9(13)6-10(12)14/h6-8H,4-5,15H2,1-3H3. The molecule has 8 heteroatoms. The van der Waals surface area contributed by atoms with Crippen LogP contribution in [-0.4, -0.2) is 39.0 Å². The maximum Gasteiger partial charge on any atom is 0.246 e. The van der Waals surface area contributed by atoms with Crippen LogP contribution in [-0.2, 0) is 14.8 Å². The highest BCUT2D eigenvalue weighted by molar-refractivity contribution is 9.10. The predicted molar refractivity (Wildman–Crippen MR) is 79.4 cm³/mol. The molecule has 1 aromatic carbocycles. The Balaban J connectivity index is 3.29. The van der Waals surface area contributed by atoms with Crippen molar-refractivity contribution in [1.29, 1.82) is 0 Å². The molecule has 114 valence electrons. The Kier molecular flexibility index (Phi) is 5.93. The third-order valence-corrected chi connectivity index (χ3v) is 5.51. The highest BCUT2D eigenvalue weighted by Crippen LogP contribution is 2.28. The number of benzene rings is 1. The molecule has 0 spiro atoms. The molecule has 0 aromatic heterocycles. The average Bonchev–Trinajstić information content (AvgIpc) is 2.33. The van der Waals surface area contributed by atoms with Gasteiger partial charge in [0.1, 0.15) is 10.7 Å². The first-order chi connectivity index (χ1) is 9.21. The summed E-state index contributed by atoms with van der Waals surface area (Å²) >= 11 is 3.06. The third-order valence-electron chi connectivity index (χ3n) is 2.73. The van der Waals surface area contributed by atoms with Gasteiger partial charge in [-0.15, -0.1) is 0 Å². The van der Waals surface area contributed by atoms with E-state index in [2.05, 4.69) is 15.9 Å². The zero-order chi connectivity index (χ0) is 15.5. The van der Waals surface area contributed by atoms with Gasteiger partial charge in [-0.25, -0.2) is 12.8 Å². The van der Waals surface area contributed by atoms with E-state index < -0.39 is 20.7 Å². The number of methoxy groups -OCH3 is 1. The third kappa shape index (κ3) is 3.69. The van der Waals surface area contributed by atoms with E-state index in [9.17, 15) is 12.8 Å². The van der Waals surface area contributed by atoms with Crippen LogP contribution in [0, 0.1) is 5.82 Å². The van der Waals surface area contributed by atoms with Gasteiger partial charge >= 0.3 is 0 Å². The summed E-state index contributed by atoms with van der Waals surface area (Å²) in [5, 5.41) is 0. The monoisotopic (exact) mass is 368 g/mol. The quantitative estimate of drug-likeness (QED) is 0.781. The molecule has 0 saturated heterocycles. The van der Waals surface area contributed by atoms with E-state index in [0.717, 1.165) is 12.1 Å². The van der Waals surface area contributed by atoms with Crippen molar-refractivity contribution in [3.63, 3.8) is 0 Å². The lowest BCUT2D eigenvalue weighted by atomic mass is 10.3. The van der Waals surface area contributed by atoms with Gasteiger partial charge in [-0.2, -0.15) is 4.31 Å². The van der Waals surface area contributed by atoms with Gasteiger partial charge in [0.15, 0.2) is 0 Å². The zero-order valence-electron chi connectivity index (χ0n) is 11.6. The topological polar surface area (TPSA) is 72.6 Å². The van der Waals surface area contributed by atoms with Crippen molar-refractivity contribution in [2.75, 3.05) is 26.0 Å². The first-order valence-corrected chi connectivity index (χ1v) is 8.20. The Morgan fingerprint density at radius 2 is 2.05 bits per heavy atom. The van der Waals surface area contributed by atoms with E-state index in [0.29, 0.717) is 4.47 Å². The van der Waals surface area contributed by atoms with Crippen LogP contribution < -0.4 is 5.73 Å². The summed E-state index contributed by atoms with van der Waals surface area (Å²) in [4.78, 5) is -0.428. The molecule has 0 bridgehead atoms. The minimum Gasteiger partial charge on any atom is -0.398 e. The second-order valence-corrected chi connectivity index (χ2v) is 7.22. The van der Waals surface area contributed by atoms with Crippen molar-refractivity contribution >= 4 is 31.6 Å². The molecular weight excluding hydrogens is 351 g/mol. The van der Waals surface area contributed by atoms with Gasteiger partial charge in [0.05, 0.1) is 6.61 Å². The van der Waals surface area contributed by atoms with Crippen LogP contribution in [0.3, 0.4) is 0 Å². The molecule has 0 atom stereocenters. The highest BCUT2D eigenvalue weighted by Gasteiger charge is 2.30. The van der Waals surface area contributed by atoms with Gasteiger partial charge in [0.25, 0.3) is 0 Å². The molecule has 20 heavy (non-hydrogen) atoms. The molecule has 0 heterocycles. The molecule has 0 fully saturated rings. The number of halogens is 2. The molecule has 0 aliphatic rings. The van der Waals surface area contributed by atoms with E-state index in [1.165, 1.54) is 11.4 Å². The summed E-state index contributed by atoms with van der Waals surface area (Å²) in [6.45, 7) is 3.80. The second-order valence-electron chi connectivity index (χ2n) is 4.51. The number of hydrogen-bond acceptors (Lipinski definition) is 4. The van der Waals surface area contributed by atoms with Crippen LogP contribution >= 0.6 is 15.9 Å². The van der Waals surface area contributed by atoms with Crippen molar-refractivity contribution in [3.05, 3.63) is 22.4 Å². The lowest BCUT2D eigenvalue weighted by Crippen LogP contribution is -2.39. The molecule has 5 nitrogen and oxygen atoms in total. The fourth-order valence-electron chi connectivity index (χ4n) is 1.71. The van der Waals surface area contributed by atoms with Crippen LogP contribution in [0.1, 0.15) is 13.8 Å². The number of sulfonamides is 1. The van der Waals surface area contributed by atoms with Crippen LogP contribution in [0.25, 0.3) is 0 Å². The number of nitrogen functional groups attached to an aromatic ring is 1. The largest absolute Gasteiger partial charge is 0.398 e. The summed E-state index contributed by atoms with van der Waals surface area (Å²) < 4.78 is 45.4. The highest BCUT2D eigenvalue weighted by atomic mass is 79.9. The van der Waals surface area contributed by atoms with Gasteiger partial charge < -0.3 is 10.5 Å². The Hall–Kier alpha value is -0.700. The van der Waals surface area contributed by atoms with Crippen molar-refractivity contribution in [1.82, 2.24) is 4.31 Å². The SMILES string of the molecule is COCCN(C(C)C)S(=O)(=O)c1cc(N)c(Br)cc1F. The molecule has 0 aliphatic carbocycles. The molecule has 0 unspecified atom stereocenters. The summed E-state index contributed by atoms with van der Waals surface area (Å²) in [7, 11) is -2.49. The smallest absolute Gasteiger partial charge is 0.246 e. The maximum atomic E-state index is 13.9. The molecule has 0 radical (unpaired) electrons. The number of anilines is 1. The van der Waals surface area contributed by atoms with E-state index in [-0.39, 0.29) is 24.9 Å². The van der Waals surface area contributed by atoms with Crippen molar-refractivity contribution in [2.24, 2.45) is 0 Å². The lowest BCUT2D eigenvalue weighted by molar-refractivity contribution is 0.170. The lowest BCUT2D eigenvalue weighted by Gasteiger charge is -2.26. The molecule has 1 rings (SSSR count). The van der Waals surface area contributed by atoms with Crippen molar-refractivity contribution in [3.8, 4) is 0 Å². The van der Waals surface area contributed by atoms with Crippen molar-refractivity contribution < 1.29 is 17.5 Å². The summed E-state index contributed by atoms with van der Waals surface area (Å²) in [6, 6.07) is 1.85. The molecule has 1 aromatic rings. The Morgan fingerprint density at radius 1 is 1.45 bits per heavy atom. The minimum absolute atomic E-state index is 0.145. The fraction of sp³-hybridized carbons (Fsp3) is 0.500. The molecule has 0 aliphatic heterocycles. The normalized spacial score (nSPS) is 12.3.